The Kier molecular flexibility index (Phi) is 4.60. The Labute approximate surface area is 125 Å². The zero-order valence-electron chi connectivity index (χ0n) is 12.6. The molecule has 0 radical (unpaired) electrons. The number of hydrogen-bond acceptors (Lipinski definition) is 4. The minimum Gasteiger partial charge on any atom is -0.465 e. The second-order valence-electron chi connectivity index (χ2n) is 5.99. The van der Waals surface area contributed by atoms with Gasteiger partial charge in [-0.1, -0.05) is 6.42 Å². The van der Waals surface area contributed by atoms with Gasteiger partial charge in [0.1, 0.15) is 11.5 Å². The molecule has 2 heterocycles. The highest BCUT2D eigenvalue weighted by atomic mass is 16.5. The van der Waals surface area contributed by atoms with E-state index in [2.05, 4.69) is 10.2 Å². The van der Waals surface area contributed by atoms with Gasteiger partial charge in [0.2, 0.25) is 5.91 Å². The molecule has 0 aromatic carbocycles. The summed E-state index contributed by atoms with van der Waals surface area (Å²) in [6, 6.07) is 4.10. The van der Waals surface area contributed by atoms with Crippen molar-refractivity contribution in [3.63, 3.8) is 0 Å². The lowest BCUT2D eigenvalue weighted by Gasteiger charge is -2.34. The van der Waals surface area contributed by atoms with Gasteiger partial charge in [0.25, 0.3) is 0 Å². The second-order valence-corrected chi connectivity index (χ2v) is 5.99. The molecule has 116 valence electrons. The summed E-state index contributed by atoms with van der Waals surface area (Å²) >= 11 is 0. The number of carbonyl (C=O) groups excluding carboxylic acids is 1. The van der Waals surface area contributed by atoms with Gasteiger partial charge >= 0.3 is 0 Å². The van der Waals surface area contributed by atoms with E-state index in [1.54, 1.807) is 0 Å². The third kappa shape index (κ3) is 3.47. The lowest BCUT2D eigenvalue weighted by molar-refractivity contribution is -0.127. The molecule has 1 amide bonds. The summed E-state index contributed by atoms with van der Waals surface area (Å²) in [4.78, 5) is 14.4. The number of nitrogens with one attached hydrogen (secondary N) is 1. The Balaban J connectivity index is 1.64. The number of hydrogen-bond donors (Lipinski definition) is 1. The first-order chi connectivity index (χ1) is 10.2. The Bertz CT molecular complexity index is 476. The van der Waals surface area contributed by atoms with Crippen LogP contribution in [0.1, 0.15) is 36.8 Å². The number of ether oxygens (including phenoxy) is 1. The number of carbonyl (C=O) groups is 1. The van der Waals surface area contributed by atoms with E-state index in [1.807, 2.05) is 19.1 Å². The summed E-state index contributed by atoms with van der Waals surface area (Å²) in [5, 5.41) is 3.11. The van der Waals surface area contributed by atoms with Gasteiger partial charge in [0, 0.05) is 25.6 Å². The van der Waals surface area contributed by atoms with Crippen molar-refractivity contribution in [2.24, 2.45) is 5.92 Å². The monoisotopic (exact) mass is 292 g/mol. The first-order valence-corrected chi connectivity index (χ1v) is 7.90. The molecule has 1 saturated carbocycles. The molecule has 2 aliphatic rings. The van der Waals surface area contributed by atoms with Crippen LogP contribution in [0.4, 0.5) is 0 Å². The number of nitrogens with zero attached hydrogens (tertiary/aromatic N) is 1. The predicted octanol–water partition coefficient (Wildman–Crippen LogP) is 1.88. The molecule has 1 atom stereocenters. The molecule has 5 nitrogen and oxygen atoms in total. The normalized spacial score (nSPS) is 21.8. The van der Waals surface area contributed by atoms with Crippen LogP contribution in [0.2, 0.25) is 0 Å². The fourth-order valence-electron chi connectivity index (χ4n) is 2.94. The van der Waals surface area contributed by atoms with Crippen LogP contribution in [0.15, 0.2) is 16.5 Å². The van der Waals surface area contributed by atoms with Crippen molar-refractivity contribution >= 4 is 5.91 Å². The summed E-state index contributed by atoms with van der Waals surface area (Å²) in [6.45, 7) is 5.81. The van der Waals surface area contributed by atoms with Gasteiger partial charge in [-0.15, -0.1) is 0 Å². The number of rotatable bonds is 5. The third-order valence-electron chi connectivity index (χ3n) is 4.52. The van der Waals surface area contributed by atoms with E-state index in [1.165, 1.54) is 6.42 Å². The van der Waals surface area contributed by atoms with Gasteiger partial charge in [-0.3, -0.25) is 9.69 Å². The Morgan fingerprint density at radius 1 is 1.38 bits per heavy atom. The van der Waals surface area contributed by atoms with E-state index in [9.17, 15) is 4.79 Å². The summed E-state index contributed by atoms with van der Waals surface area (Å²) in [6.07, 6.45) is 3.25. The van der Waals surface area contributed by atoms with Crippen molar-refractivity contribution in [2.75, 3.05) is 32.8 Å². The van der Waals surface area contributed by atoms with Gasteiger partial charge < -0.3 is 14.5 Å². The molecule has 1 aromatic rings. The van der Waals surface area contributed by atoms with E-state index in [4.69, 9.17) is 9.15 Å². The van der Waals surface area contributed by atoms with E-state index >= 15 is 0 Å². The summed E-state index contributed by atoms with van der Waals surface area (Å²) in [5.41, 5.74) is 0. The van der Waals surface area contributed by atoms with E-state index in [-0.39, 0.29) is 17.9 Å². The zero-order chi connectivity index (χ0) is 14.7. The predicted molar refractivity (Wildman–Crippen MR) is 78.9 cm³/mol. The second kappa shape index (κ2) is 6.62. The van der Waals surface area contributed by atoms with Crippen LogP contribution in [0.5, 0.6) is 0 Å². The molecule has 5 heteroatoms. The van der Waals surface area contributed by atoms with Gasteiger partial charge in [-0.05, 0) is 31.9 Å². The molecule has 1 aliphatic heterocycles. The summed E-state index contributed by atoms with van der Waals surface area (Å²) < 4.78 is 11.2. The molecule has 1 saturated heterocycles. The lowest BCUT2D eigenvalue weighted by Crippen LogP contribution is -2.45. The van der Waals surface area contributed by atoms with Crippen LogP contribution in [-0.2, 0) is 9.53 Å². The molecular formula is C16H24N2O3. The van der Waals surface area contributed by atoms with Crippen LogP contribution in [0.3, 0.4) is 0 Å². The van der Waals surface area contributed by atoms with E-state index < -0.39 is 0 Å². The minimum absolute atomic E-state index is 0.103. The van der Waals surface area contributed by atoms with Crippen LogP contribution < -0.4 is 5.32 Å². The van der Waals surface area contributed by atoms with Crippen molar-refractivity contribution in [3.05, 3.63) is 23.7 Å². The fourth-order valence-corrected chi connectivity index (χ4v) is 2.94. The topological polar surface area (TPSA) is 54.7 Å². The molecule has 0 unspecified atom stereocenters. The average molecular weight is 292 g/mol. The van der Waals surface area contributed by atoms with Crippen molar-refractivity contribution in [2.45, 2.75) is 32.2 Å². The quantitative estimate of drug-likeness (QED) is 0.900. The van der Waals surface area contributed by atoms with Gasteiger partial charge in [0.05, 0.1) is 19.3 Å². The standard InChI is InChI=1S/C16H24N2O3/c1-12-5-6-15(21-12)14(18-7-9-20-10-8-18)11-17-16(19)13-3-2-4-13/h5-6,13-14H,2-4,7-11H2,1H3,(H,17,19)/t14-/m1/s1. The molecule has 3 rings (SSSR count). The number of morpholine rings is 1. The Morgan fingerprint density at radius 2 is 2.14 bits per heavy atom. The highest BCUT2D eigenvalue weighted by molar-refractivity contribution is 5.79. The maximum atomic E-state index is 12.1. The summed E-state index contributed by atoms with van der Waals surface area (Å²) in [7, 11) is 0. The number of aryl methyl sites for hydroxylation is 1. The van der Waals surface area contributed by atoms with E-state index in [0.29, 0.717) is 6.54 Å². The van der Waals surface area contributed by atoms with Crippen molar-refractivity contribution in [1.29, 1.82) is 0 Å². The zero-order valence-corrected chi connectivity index (χ0v) is 12.6. The minimum atomic E-state index is 0.103. The maximum absolute atomic E-state index is 12.1. The maximum Gasteiger partial charge on any atom is 0.223 e. The SMILES string of the molecule is Cc1ccc([C@@H](CNC(=O)C2CCC2)N2CCOCC2)o1. The van der Waals surface area contributed by atoms with Crippen molar-refractivity contribution < 1.29 is 13.9 Å². The van der Waals surface area contributed by atoms with Gasteiger partial charge in [-0.2, -0.15) is 0 Å². The summed E-state index contributed by atoms with van der Waals surface area (Å²) in [5.74, 6) is 2.27. The van der Waals surface area contributed by atoms with Gasteiger partial charge in [0.15, 0.2) is 0 Å². The van der Waals surface area contributed by atoms with E-state index in [0.717, 1.165) is 50.7 Å². The van der Waals surface area contributed by atoms with Crippen molar-refractivity contribution in [1.82, 2.24) is 10.2 Å². The molecular weight excluding hydrogens is 268 g/mol. The molecule has 1 aromatic heterocycles. The molecule has 2 fully saturated rings. The smallest absolute Gasteiger partial charge is 0.223 e. The third-order valence-corrected chi connectivity index (χ3v) is 4.52. The molecule has 1 N–H and O–H groups in total. The van der Waals surface area contributed by atoms with Crippen LogP contribution in [-0.4, -0.2) is 43.7 Å². The highest BCUT2D eigenvalue weighted by Gasteiger charge is 2.29. The highest BCUT2D eigenvalue weighted by Crippen LogP contribution is 2.27. The molecule has 21 heavy (non-hydrogen) atoms. The number of furan rings is 1. The van der Waals surface area contributed by atoms with Crippen molar-refractivity contribution in [3.8, 4) is 0 Å². The largest absolute Gasteiger partial charge is 0.465 e. The molecule has 0 bridgehead atoms. The lowest BCUT2D eigenvalue weighted by atomic mass is 9.85. The number of amides is 1. The Morgan fingerprint density at radius 3 is 2.71 bits per heavy atom. The molecule has 1 aliphatic carbocycles. The fraction of sp³-hybridized carbons (Fsp3) is 0.688. The van der Waals surface area contributed by atoms with Crippen LogP contribution in [0.25, 0.3) is 0 Å². The first-order valence-electron chi connectivity index (χ1n) is 7.90. The first kappa shape index (κ1) is 14.6. The van der Waals surface area contributed by atoms with Crippen LogP contribution in [0, 0.1) is 12.8 Å². The van der Waals surface area contributed by atoms with Crippen LogP contribution >= 0.6 is 0 Å². The van der Waals surface area contributed by atoms with Gasteiger partial charge in [-0.25, -0.2) is 0 Å². The Hall–Kier alpha value is -1.33. The average Bonchev–Trinajstić information content (AvgIpc) is 2.85. The molecule has 0 spiro atoms.